The zero-order valence-electron chi connectivity index (χ0n) is 11.9. The van der Waals surface area contributed by atoms with Crippen LogP contribution in [0.25, 0.3) is 0 Å². The van der Waals surface area contributed by atoms with Gasteiger partial charge in [-0.05, 0) is 32.8 Å². The summed E-state index contributed by atoms with van der Waals surface area (Å²) in [5.74, 6) is -1.47. The van der Waals surface area contributed by atoms with Crippen molar-refractivity contribution in [2.45, 2.75) is 27.2 Å². The molecule has 0 aliphatic carbocycles. The van der Waals surface area contributed by atoms with Gasteiger partial charge in [0.05, 0.1) is 0 Å². The number of amides is 1. The standard InChI is InChI=1S/C15H21NO3/c1-11-5-7-12(8-6-11)9-10-16(4)13(17)15(2,3)14(18)19/h5-8H,9-10H2,1-4H3,(H,18,19). The van der Waals surface area contributed by atoms with Crippen LogP contribution in [0.5, 0.6) is 0 Å². The summed E-state index contributed by atoms with van der Waals surface area (Å²) in [6.07, 6.45) is 0.720. The van der Waals surface area contributed by atoms with Gasteiger partial charge in [-0.25, -0.2) is 0 Å². The van der Waals surface area contributed by atoms with Crippen molar-refractivity contribution in [1.82, 2.24) is 4.90 Å². The summed E-state index contributed by atoms with van der Waals surface area (Å²) in [6, 6.07) is 8.10. The summed E-state index contributed by atoms with van der Waals surface area (Å²) < 4.78 is 0. The average Bonchev–Trinajstić information content (AvgIpc) is 2.36. The Hall–Kier alpha value is -1.84. The van der Waals surface area contributed by atoms with Crippen LogP contribution in [0.4, 0.5) is 0 Å². The first-order chi connectivity index (χ1) is 8.75. The van der Waals surface area contributed by atoms with Crippen LogP contribution < -0.4 is 0 Å². The molecule has 1 aromatic carbocycles. The van der Waals surface area contributed by atoms with E-state index in [1.165, 1.54) is 24.3 Å². The van der Waals surface area contributed by atoms with E-state index in [0.717, 1.165) is 12.0 Å². The lowest BCUT2D eigenvalue weighted by Gasteiger charge is -2.25. The number of carbonyl (C=O) groups excluding carboxylic acids is 1. The maximum absolute atomic E-state index is 12.0. The zero-order valence-corrected chi connectivity index (χ0v) is 11.9. The van der Waals surface area contributed by atoms with Crippen LogP contribution in [0.2, 0.25) is 0 Å². The third-order valence-electron chi connectivity index (χ3n) is 3.27. The molecule has 0 radical (unpaired) electrons. The molecule has 4 heteroatoms. The molecule has 1 amide bonds. The van der Waals surface area contributed by atoms with E-state index < -0.39 is 11.4 Å². The number of benzene rings is 1. The summed E-state index contributed by atoms with van der Waals surface area (Å²) in [5.41, 5.74) is 0.959. The number of nitrogens with zero attached hydrogens (tertiary/aromatic N) is 1. The predicted octanol–water partition coefficient (Wildman–Crippen LogP) is 2.11. The number of rotatable bonds is 5. The van der Waals surface area contributed by atoms with E-state index in [0.29, 0.717) is 6.54 Å². The van der Waals surface area contributed by atoms with Crippen LogP contribution in [0, 0.1) is 12.3 Å². The minimum absolute atomic E-state index is 0.368. The molecule has 1 rings (SSSR count). The summed E-state index contributed by atoms with van der Waals surface area (Å²) in [6.45, 7) is 5.40. The summed E-state index contributed by atoms with van der Waals surface area (Å²) in [5, 5.41) is 9.03. The molecule has 0 spiro atoms. The fourth-order valence-electron chi connectivity index (χ4n) is 1.72. The van der Waals surface area contributed by atoms with Crippen molar-refractivity contribution in [3.8, 4) is 0 Å². The Balaban J connectivity index is 2.60. The van der Waals surface area contributed by atoms with Crippen LogP contribution in [-0.4, -0.2) is 35.5 Å². The van der Waals surface area contributed by atoms with Gasteiger partial charge in [0.25, 0.3) is 0 Å². The largest absolute Gasteiger partial charge is 0.480 e. The number of hydrogen-bond donors (Lipinski definition) is 1. The second-order valence-electron chi connectivity index (χ2n) is 5.39. The van der Waals surface area contributed by atoms with Gasteiger partial charge in [-0.3, -0.25) is 9.59 Å². The maximum atomic E-state index is 12.0. The molecule has 0 aromatic heterocycles. The molecule has 1 aromatic rings. The highest BCUT2D eigenvalue weighted by Gasteiger charge is 2.37. The van der Waals surface area contributed by atoms with Crippen molar-refractivity contribution in [2.24, 2.45) is 5.41 Å². The van der Waals surface area contributed by atoms with Crippen LogP contribution in [0.3, 0.4) is 0 Å². The molecule has 0 fully saturated rings. The second kappa shape index (κ2) is 5.87. The van der Waals surface area contributed by atoms with Gasteiger partial charge in [0.15, 0.2) is 0 Å². The van der Waals surface area contributed by atoms with Crippen molar-refractivity contribution < 1.29 is 14.7 Å². The first kappa shape index (κ1) is 15.2. The van der Waals surface area contributed by atoms with Crippen molar-refractivity contribution in [2.75, 3.05) is 13.6 Å². The highest BCUT2D eigenvalue weighted by molar-refractivity contribution is 6.00. The van der Waals surface area contributed by atoms with Crippen molar-refractivity contribution in [3.63, 3.8) is 0 Å². The average molecular weight is 263 g/mol. The molecule has 104 valence electrons. The van der Waals surface area contributed by atoms with Crippen molar-refractivity contribution in [3.05, 3.63) is 35.4 Å². The lowest BCUT2D eigenvalue weighted by Crippen LogP contribution is -2.44. The highest BCUT2D eigenvalue weighted by Crippen LogP contribution is 2.18. The Morgan fingerprint density at radius 3 is 2.21 bits per heavy atom. The maximum Gasteiger partial charge on any atom is 0.318 e. The monoisotopic (exact) mass is 263 g/mol. The third-order valence-corrected chi connectivity index (χ3v) is 3.27. The predicted molar refractivity (Wildman–Crippen MR) is 73.9 cm³/mol. The van der Waals surface area contributed by atoms with Gasteiger partial charge in [0.2, 0.25) is 5.91 Å². The molecule has 0 unspecified atom stereocenters. The molecular weight excluding hydrogens is 242 g/mol. The first-order valence-corrected chi connectivity index (χ1v) is 6.29. The van der Waals surface area contributed by atoms with Crippen molar-refractivity contribution in [1.29, 1.82) is 0 Å². The smallest absolute Gasteiger partial charge is 0.318 e. The van der Waals surface area contributed by atoms with E-state index in [1.54, 1.807) is 7.05 Å². The van der Waals surface area contributed by atoms with Gasteiger partial charge in [-0.1, -0.05) is 29.8 Å². The van der Waals surface area contributed by atoms with Crippen molar-refractivity contribution >= 4 is 11.9 Å². The SMILES string of the molecule is Cc1ccc(CCN(C)C(=O)C(C)(C)C(=O)O)cc1. The number of aliphatic carboxylic acids is 1. The number of likely N-dealkylation sites (N-methyl/N-ethyl adjacent to an activating group) is 1. The topological polar surface area (TPSA) is 57.6 Å². The second-order valence-corrected chi connectivity index (χ2v) is 5.39. The number of aryl methyl sites for hydroxylation is 1. The summed E-state index contributed by atoms with van der Waals surface area (Å²) in [4.78, 5) is 24.5. The van der Waals surface area contributed by atoms with Gasteiger partial charge in [0.1, 0.15) is 5.41 Å². The third kappa shape index (κ3) is 3.81. The fraction of sp³-hybridized carbons (Fsp3) is 0.467. The molecule has 0 heterocycles. The Labute approximate surface area is 114 Å². The van der Waals surface area contributed by atoms with Gasteiger partial charge >= 0.3 is 5.97 Å². The quantitative estimate of drug-likeness (QED) is 0.828. The van der Waals surface area contributed by atoms with E-state index >= 15 is 0 Å². The fourth-order valence-corrected chi connectivity index (χ4v) is 1.72. The Morgan fingerprint density at radius 1 is 1.21 bits per heavy atom. The Kier molecular flexibility index (Phi) is 4.70. The molecule has 0 aliphatic rings. The van der Waals surface area contributed by atoms with Gasteiger partial charge in [-0.15, -0.1) is 0 Å². The molecule has 0 bridgehead atoms. The molecule has 19 heavy (non-hydrogen) atoms. The van der Waals surface area contributed by atoms with Crippen LogP contribution in [0.1, 0.15) is 25.0 Å². The molecule has 1 N–H and O–H groups in total. The molecule has 0 saturated carbocycles. The van der Waals surface area contributed by atoms with E-state index in [-0.39, 0.29) is 5.91 Å². The Bertz CT molecular complexity index is 463. The summed E-state index contributed by atoms with van der Waals surface area (Å²) >= 11 is 0. The normalized spacial score (nSPS) is 11.2. The summed E-state index contributed by atoms with van der Waals surface area (Å²) in [7, 11) is 1.64. The van der Waals surface area contributed by atoms with Gasteiger partial charge in [-0.2, -0.15) is 0 Å². The Morgan fingerprint density at radius 2 is 1.74 bits per heavy atom. The van der Waals surface area contributed by atoms with Crippen LogP contribution in [0.15, 0.2) is 24.3 Å². The number of carboxylic acid groups (broad SMARTS) is 1. The molecule has 0 saturated heterocycles. The van der Waals surface area contributed by atoms with E-state index in [1.807, 2.05) is 31.2 Å². The first-order valence-electron chi connectivity index (χ1n) is 6.29. The van der Waals surface area contributed by atoms with Gasteiger partial charge in [0, 0.05) is 13.6 Å². The molecule has 0 atom stereocenters. The van der Waals surface area contributed by atoms with Crippen LogP contribution >= 0.6 is 0 Å². The van der Waals surface area contributed by atoms with E-state index in [9.17, 15) is 9.59 Å². The highest BCUT2D eigenvalue weighted by atomic mass is 16.4. The molecule has 0 aliphatic heterocycles. The number of carboxylic acids is 1. The molecular formula is C15H21NO3. The van der Waals surface area contributed by atoms with E-state index in [4.69, 9.17) is 5.11 Å². The molecule has 4 nitrogen and oxygen atoms in total. The number of hydrogen-bond acceptors (Lipinski definition) is 2. The number of carbonyl (C=O) groups is 2. The minimum Gasteiger partial charge on any atom is -0.480 e. The zero-order chi connectivity index (χ0) is 14.6. The lowest BCUT2D eigenvalue weighted by molar-refractivity contribution is -0.157. The van der Waals surface area contributed by atoms with Gasteiger partial charge < -0.3 is 10.0 Å². The van der Waals surface area contributed by atoms with Crippen LogP contribution in [-0.2, 0) is 16.0 Å². The lowest BCUT2D eigenvalue weighted by atomic mass is 9.92. The van der Waals surface area contributed by atoms with E-state index in [2.05, 4.69) is 0 Å². The minimum atomic E-state index is -1.37.